The van der Waals surface area contributed by atoms with Gasteiger partial charge in [0.2, 0.25) is 11.8 Å². The number of hydrogen-bond donors (Lipinski definition) is 3. The lowest BCUT2D eigenvalue weighted by Gasteiger charge is -2.40. The number of hydrogen-bond acceptors (Lipinski definition) is 8. The van der Waals surface area contributed by atoms with Crippen LogP contribution in [0.5, 0.6) is 5.88 Å². The van der Waals surface area contributed by atoms with Gasteiger partial charge in [-0.2, -0.15) is 0 Å². The number of carbonyl (C=O) groups excluding carboxylic acids is 1. The van der Waals surface area contributed by atoms with Crippen molar-refractivity contribution in [3.63, 3.8) is 0 Å². The van der Waals surface area contributed by atoms with Gasteiger partial charge in [-0.1, -0.05) is 11.6 Å². The fourth-order valence-electron chi connectivity index (χ4n) is 6.08. The number of fused-ring (bicyclic) bond motifs is 4. The van der Waals surface area contributed by atoms with E-state index >= 15 is 0 Å². The van der Waals surface area contributed by atoms with Crippen molar-refractivity contribution in [1.29, 1.82) is 0 Å². The highest BCUT2D eigenvalue weighted by atomic mass is 35.5. The standard InChI is InChI=1S/C27H29ClFN5O3S/c1-37-27-25(28)24(26-19(33-27)3-2-6-30-26)21(35)12-34-16-4-5-17(34)9-15(8-16)31-11-14-7-20-22(10-18(14)29)38-13-23(36)32-20/h2-3,6-7,10,15-17,21,31,35H,4-5,8-9,11-13H2,1H3,(H,32,36). The van der Waals surface area contributed by atoms with Gasteiger partial charge < -0.3 is 20.5 Å². The van der Waals surface area contributed by atoms with Gasteiger partial charge in [-0.05, 0) is 49.9 Å². The van der Waals surface area contributed by atoms with Gasteiger partial charge in [-0.15, -0.1) is 11.8 Å². The Hall–Kier alpha value is -2.50. The Kier molecular flexibility index (Phi) is 7.17. The van der Waals surface area contributed by atoms with Gasteiger partial charge in [0, 0.05) is 53.4 Å². The third kappa shape index (κ3) is 4.84. The van der Waals surface area contributed by atoms with Crippen LogP contribution in [-0.2, 0) is 11.3 Å². The number of anilines is 1. The Balaban J connectivity index is 1.13. The number of rotatable bonds is 7. The second kappa shape index (κ2) is 10.6. The highest BCUT2D eigenvalue weighted by Gasteiger charge is 2.41. The molecule has 200 valence electrons. The molecule has 3 N–H and O–H groups in total. The number of aliphatic hydroxyl groups excluding tert-OH is 1. The number of methoxy groups -OCH3 is 1. The van der Waals surface area contributed by atoms with Gasteiger partial charge in [0.1, 0.15) is 10.8 Å². The third-order valence-corrected chi connectivity index (χ3v) is 9.27. The number of nitrogens with zero attached hydrogens (tertiary/aromatic N) is 3. The molecule has 11 heteroatoms. The molecule has 3 atom stereocenters. The SMILES string of the molecule is COc1nc2cccnc2c(C(O)CN2C3CCC2CC(NCc2cc4c(cc2F)SCC(=O)N4)C3)c1Cl. The summed E-state index contributed by atoms with van der Waals surface area (Å²) in [6, 6.07) is 7.75. The fraction of sp³-hybridized carbons (Fsp3) is 0.444. The van der Waals surface area contributed by atoms with E-state index in [1.807, 2.05) is 6.07 Å². The average Bonchev–Trinajstić information content (AvgIpc) is 3.13. The van der Waals surface area contributed by atoms with E-state index in [1.165, 1.54) is 24.9 Å². The Labute approximate surface area is 229 Å². The molecule has 3 aliphatic heterocycles. The summed E-state index contributed by atoms with van der Waals surface area (Å²) in [7, 11) is 1.51. The van der Waals surface area contributed by atoms with Crippen molar-refractivity contribution in [3.05, 3.63) is 52.4 Å². The topological polar surface area (TPSA) is 99.6 Å². The molecule has 8 nitrogen and oxygen atoms in total. The average molecular weight is 558 g/mol. The summed E-state index contributed by atoms with van der Waals surface area (Å²) >= 11 is 7.97. The third-order valence-electron chi connectivity index (χ3n) is 7.85. The second-order valence-electron chi connectivity index (χ2n) is 10.1. The zero-order chi connectivity index (χ0) is 26.4. The molecular weight excluding hydrogens is 529 g/mol. The number of piperidine rings is 1. The van der Waals surface area contributed by atoms with Gasteiger partial charge in [-0.25, -0.2) is 9.37 Å². The molecular formula is C27H29ClFN5O3S. The summed E-state index contributed by atoms with van der Waals surface area (Å²) in [6.45, 7) is 0.841. The van der Waals surface area contributed by atoms with Crippen LogP contribution in [0.4, 0.5) is 10.1 Å². The van der Waals surface area contributed by atoms with Crippen LogP contribution < -0.4 is 15.4 Å². The van der Waals surface area contributed by atoms with E-state index in [1.54, 1.807) is 18.3 Å². The summed E-state index contributed by atoms with van der Waals surface area (Å²) in [5, 5.41) is 18.0. The van der Waals surface area contributed by atoms with E-state index < -0.39 is 6.10 Å². The Morgan fingerprint density at radius 3 is 2.89 bits per heavy atom. The quantitative estimate of drug-likeness (QED) is 0.396. The van der Waals surface area contributed by atoms with Crippen molar-refractivity contribution in [1.82, 2.24) is 20.2 Å². The molecule has 6 rings (SSSR count). The van der Waals surface area contributed by atoms with Crippen molar-refractivity contribution < 1.29 is 19.0 Å². The molecule has 1 amide bonds. The Morgan fingerprint density at radius 2 is 2.13 bits per heavy atom. The minimum Gasteiger partial charge on any atom is -0.480 e. The summed E-state index contributed by atoms with van der Waals surface area (Å²) in [6.07, 6.45) is 4.75. The van der Waals surface area contributed by atoms with E-state index in [-0.39, 0.29) is 28.7 Å². The second-order valence-corrected chi connectivity index (χ2v) is 11.5. The maximum absolute atomic E-state index is 14.7. The molecule has 0 saturated carbocycles. The highest BCUT2D eigenvalue weighted by Crippen LogP contribution is 2.40. The normalized spacial score (nSPS) is 23.8. The van der Waals surface area contributed by atoms with Crippen molar-refractivity contribution in [2.75, 3.05) is 24.7 Å². The predicted octanol–water partition coefficient (Wildman–Crippen LogP) is 4.29. The Morgan fingerprint density at radius 1 is 1.34 bits per heavy atom. The van der Waals surface area contributed by atoms with Crippen molar-refractivity contribution in [3.8, 4) is 5.88 Å². The molecule has 2 fully saturated rings. The zero-order valence-corrected chi connectivity index (χ0v) is 22.5. The van der Waals surface area contributed by atoms with Crippen LogP contribution in [0.25, 0.3) is 11.0 Å². The summed E-state index contributed by atoms with van der Waals surface area (Å²) in [5.41, 5.74) is 2.98. The lowest BCUT2D eigenvalue weighted by Crippen LogP contribution is -2.50. The number of thioether (sulfide) groups is 1. The molecule has 3 unspecified atom stereocenters. The first kappa shape index (κ1) is 25.8. The maximum Gasteiger partial charge on any atom is 0.234 e. The minimum absolute atomic E-state index is 0.0607. The first-order valence-corrected chi connectivity index (χ1v) is 14.2. The molecule has 0 radical (unpaired) electrons. The van der Waals surface area contributed by atoms with E-state index in [0.29, 0.717) is 58.8 Å². The van der Waals surface area contributed by atoms with Gasteiger partial charge in [0.25, 0.3) is 0 Å². The van der Waals surface area contributed by atoms with Crippen molar-refractivity contribution in [2.24, 2.45) is 0 Å². The maximum atomic E-state index is 14.7. The van der Waals surface area contributed by atoms with Crippen LogP contribution in [0.2, 0.25) is 5.02 Å². The Bertz CT molecular complexity index is 1380. The molecule has 2 bridgehead atoms. The number of carbonyl (C=O) groups is 1. The molecule has 1 aromatic carbocycles. The van der Waals surface area contributed by atoms with Crippen LogP contribution in [0, 0.1) is 5.82 Å². The van der Waals surface area contributed by atoms with E-state index in [4.69, 9.17) is 16.3 Å². The minimum atomic E-state index is -0.845. The number of pyridine rings is 2. The number of ether oxygens (including phenoxy) is 1. The van der Waals surface area contributed by atoms with Crippen molar-refractivity contribution >= 4 is 46.0 Å². The van der Waals surface area contributed by atoms with Gasteiger partial charge in [0.15, 0.2) is 0 Å². The lowest BCUT2D eigenvalue weighted by atomic mass is 9.95. The van der Waals surface area contributed by atoms with Gasteiger partial charge >= 0.3 is 0 Å². The molecule has 0 aliphatic carbocycles. The summed E-state index contributed by atoms with van der Waals surface area (Å²) in [5.74, 6) is 0.274. The first-order valence-electron chi connectivity index (χ1n) is 12.8. The van der Waals surface area contributed by atoms with Crippen LogP contribution in [0.3, 0.4) is 0 Å². The molecule has 0 spiro atoms. The summed E-state index contributed by atoms with van der Waals surface area (Å²) < 4.78 is 20.1. The number of amides is 1. The van der Waals surface area contributed by atoms with Crippen LogP contribution in [0.15, 0.2) is 35.4 Å². The van der Waals surface area contributed by atoms with Gasteiger partial charge in [0.05, 0.1) is 35.7 Å². The smallest absolute Gasteiger partial charge is 0.234 e. The van der Waals surface area contributed by atoms with Crippen LogP contribution in [0.1, 0.15) is 42.9 Å². The monoisotopic (exact) mass is 557 g/mol. The number of aliphatic hydroxyl groups is 1. The first-order chi connectivity index (χ1) is 18.4. The van der Waals surface area contributed by atoms with Crippen LogP contribution >= 0.6 is 23.4 Å². The predicted molar refractivity (Wildman–Crippen MR) is 145 cm³/mol. The summed E-state index contributed by atoms with van der Waals surface area (Å²) in [4.78, 5) is 23.7. The molecule has 3 aromatic rings. The number of nitrogens with one attached hydrogen (secondary N) is 2. The largest absolute Gasteiger partial charge is 0.480 e. The molecule has 38 heavy (non-hydrogen) atoms. The van der Waals surface area contributed by atoms with Gasteiger partial charge in [-0.3, -0.25) is 14.7 Å². The molecule has 2 saturated heterocycles. The van der Waals surface area contributed by atoms with E-state index in [9.17, 15) is 14.3 Å². The molecule has 5 heterocycles. The van der Waals surface area contributed by atoms with E-state index in [2.05, 4.69) is 25.5 Å². The number of aromatic nitrogens is 2. The number of halogens is 2. The van der Waals surface area contributed by atoms with Crippen molar-refractivity contribution in [2.45, 2.75) is 61.4 Å². The molecule has 2 aromatic heterocycles. The lowest BCUT2D eigenvalue weighted by molar-refractivity contribution is -0.113. The zero-order valence-electron chi connectivity index (χ0n) is 20.9. The van der Waals surface area contributed by atoms with Crippen LogP contribution in [-0.4, -0.2) is 63.4 Å². The fourth-order valence-corrected chi connectivity index (χ4v) is 7.22. The number of benzene rings is 1. The highest BCUT2D eigenvalue weighted by molar-refractivity contribution is 8.00. The van der Waals surface area contributed by atoms with E-state index in [0.717, 1.165) is 30.6 Å². The molecule has 3 aliphatic rings.